The van der Waals surface area contributed by atoms with Crippen molar-refractivity contribution >= 4 is 25.0 Å². The van der Waals surface area contributed by atoms with E-state index in [2.05, 4.69) is 10.6 Å². The van der Waals surface area contributed by atoms with Crippen LogP contribution in [0.2, 0.25) is 6.32 Å². The molecular formula is C27H50BN3O6. The predicted octanol–water partition coefficient (Wildman–Crippen LogP) is 4.45. The molecule has 2 unspecified atom stereocenters. The number of likely N-dealkylation sites (tertiary alicyclic amines) is 1. The van der Waals surface area contributed by atoms with Crippen LogP contribution >= 0.6 is 0 Å². The first-order chi connectivity index (χ1) is 16.6. The average molecular weight is 524 g/mol. The molecule has 3 amide bonds. The molecule has 9 nitrogen and oxygen atoms in total. The van der Waals surface area contributed by atoms with Gasteiger partial charge in [-0.15, -0.1) is 0 Å². The monoisotopic (exact) mass is 523 g/mol. The van der Waals surface area contributed by atoms with Crippen LogP contribution in [-0.2, 0) is 18.9 Å². The molecule has 0 aromatic rings. The Morgan fingerprint density at radius 3 is 1.95 bits per heavy atom. The first-order valence-electron chi connectivity index (χ1n) is 13.6. The molecule has 0 radical (unpaired) electrons. The maximum atomic E-state index is 14.0. The molecule has 3 N–H and O–H groups in total. The molecule has 10 heteroatoms. The zero-order valence-electron chi connectivity index (χ0n) is 24.9. The van der Waals surface area contributed by atoms with E-state index in [1.54, 1.807) is 0 Å². The highest BCUT2D eigenvalue weighted by Gasteiger charge is 2.57. The standard InChI is InChI=1S/C27H50BN3O6/c1-18(32)29-27(21(33)30-24(5,6)7,19-14-17-31(22(34)35)20(19)23(2,3)4)15-12-13-16-28-36-25(8,9)26(10,11)37-28/h19-20H,12-17H2,1-11H3,(H,29,32)(H,30,33)(H,34,35)/t19-,20?,27?/m1/s1. The number of nitrogens with one attached hydrogen (secondary N) is 2. The second-order valence-electron chi connectivity index (χ2n) is 14.0. The number of carbonyl (C=O) groups excluding carboxylic acids is 2. The Morgan fingerprint density at radius 1 is 0.973 bits per heavy atom. The summed E-state index contributed by atoms with van der Waals surface area (Å²) in [7, 11) is -0.333. The van der Waals surface area contributed by atoms with E-state index in [1.807, 2.05) is 69.2 Å². The van der Waals surface area contributed by atoms with E-state index in [0.717, 1.165) is 6.42 Å². The first kappa shape index (κ1) is 31.4. The van der Waals surface area contributed by atoms with E-state index < -0.39 is 39.8 Å². The van der Waals surface area contributed by atoms with Crippen LogP contribution in [0.5, 0.6) is 0 Å². The van der Waals surface area contributed by atoms with E-state index in [1.165, 1.54) is 11.8 Å². The van der Waals surface area contributed by atoms with Crippen LogP contribution in [-0.4, -0.2) is 69.9 Å². The number of rotatable bonds is 8. The largest absolute Gasteiger partial charge is 0.465 e. The Hall–Kier alpha value is -1.81. The average Bonchev–Trinajstić information content (AvgIpc) is 3.21. The van der Waals surface area contributed by atoms with Gasteiger partial charge in [-0.25, -0.2) is 4.79 Å². The number of amides is 3. The Morgan fingerprint density at radius 2 is 1.51 bits per heavy atom. The van der Waals surface area contributed by atoms with Gasteiger partial charge in [-0.3, -0.25) is 9.59 Å². The lowest BCUT2D eigenvalue weighted by Gasteiger charge is -2.46. The van der Waals surface area contributed by atoms with Crippen molar-refractivity contribution in [2.75, 3.05) is 6.54 Å². The summed E-state index contributed by atoms with van der Waals surface area (Å²) in [5, 5.41) is 16.1. The van der Waals surface area contributed by atoms with Crippen LogP contribution in [0.3, 0.4) is 0 Å². The van der Waals surface area contributed by atoms with Crippen LogP contribution in [0.1, 0.15) is 102 Å². The van der Waals surface area contributed by atoms with Crippen molar-refractivity contribution in [1.29, 1.82) is 0 Å². The van der Waals surface area contributed by atoms with Gasteiger partial charge in [0, 0.05) is 31.0 Å². The van der Waals surface area contributed by atoms with Crippen molar-refractivity contribution in [1.82, 2.24) is 15.5 Å². The molecule has 0 spiro atoms. The topological polar surface area (TPSA) is 117 Å². The molecule has 2 aliphatic heterocycles. The molecule has 2 aliphatic rings. The van der Waals surface area contributed by atoms with Crippen molar-refractivity contribution in [3.63, 3.8) is 0 Å². The molecule has 0 bridgehead atoms. The van der Waals surface area contributed by atoms with Gasteiger partial charge in [0.05, 0.1) is 11.2 Å². The van der Waals surface area contributed by atoms with Crippen molar-refractivity contribution in [3.8, 4) is 0 Å². The van der Waals surface area contributed by atoms with Gasteiger partial charge in [-0.2, -0.15) is 0 Å². The minimum atomic E-state index is -1.25. The van der Waals surface area contributed by atoms with E-state index in [4.69, 9.17) is 9.31 Å². The van der Waals surface area contributed by atoms with Crippen LogP contribution < -0.4 is 10.6 Å². The molecular weight excluding hydrogens is 473 g/mol. The summed E-state index contributed by atoms with van der Waals surface area (Å²) >= 11 is 0. The van der Waals surface area contributed by atoms with Crippen LogP contribution in [0, 0.1) is 11.3 Å². The summed E-state index contributed by atoms with van der Waals surface area (Å²) in [4.78, 5) is 40.2. The summed E-state index contributed by atoms with van der Waals surface area (Å²) in [5.74, 6) is -0.958. The Bertz CT molecular complexity index is 847. The van der Waals surface area contributed by atoms with Gasteiger partial charge < -0.3 is 29.9 Å². The number of unbranched alkanes of at least 4 members (excludes halogenated alkanes) is 1. The second kappa shape index (κ2) is 10.8. The molecule has 0 aromatic heterocycles. The third-order valence-electron chi connectivity index (χ3n) is 8.02. The lowest BCUT2D eigenvalue weighted by atomic mass is 9.67. The highest BCUT2D eigenvalue weighted by atomic mass is 16.7. The maximum Gasteiger partial charge on any atom is 0.457 e. The number of carboxylic acid groups (broad SMARTS) is 1. The molecule has 212 valence electrons. The minimum Gasteiger partial charge on any atom is -0.465 e. The Kier molecular flexibility index (Phi) is 9.13. The van der Waals surface area contributed by atoms with E-state index in [0.29, 0.717) is 32.1 Å². The van der Waals surface area contributed by atoms with Crippen molar-refractivity contribution in [2.45, 2.75) is 136 Å². The molecule has 2 saturated heterocycles. The fraction of sp³-hybridized carbons (Fsp3) is 0.889. The highest BCUT2D eigenvalue weighted by Crippen LogP contribution is 2.45. The molecule has 0 saturated carbocycles. The summed E-state index contributed by atoms with van der Waals surface area (Å²) in [5.41, 5.74) is -3.03. The highest BCUT2D eigenvalue weighted by molar-refractivity contribution is 6.45. The third kappa shape index (κ3) is 7.19. The van der Waals surface area contributed by atoms with E-state index in [9.17, 15) is 19.5 Å². The van der Waals surface area contributed by atoms with E-state index in [-0.39, 0.29) is 24.9 Å². The summed E-state index contributed by atoms with van der Waals surface area (Å²) in [6.07, 6.45) is 1.91. The van der Waals surface area contributed by atoms with Gasteiger partial charge in [0.1, 0.15) is 5.54 Å². The minimum absolute atomic E-state index is 0.266. The van der Waals surface area contributed by atoms with Crippen LogP contribution in [0.15, 0.2) is 0 Å². The lowest BCUT2D eigenvalue weighted by Crippen LogP contribution is -2.68. The normalized spacial score (nSPS) is 25.1. The first-order valence-corrected chi connectivity index (χ1v) is 13.6. The molecule has 37 heavy (non-hydrogen) atoms. The fourth-order valence-electron chi connectivity index (χ4n) is 5.84. The van der Waals surface area contributed by atoms with Crippen LogP contribution in [0.25, 0.3) is 0 Å². The molecule has 2 fully saturated rings. The SMILES string of the molecule is CC(=O)NC(CCCCB1OC(C)(C)C(C)(C)O1)(C(=O)NC(C)(C)C)[C@@H]1CCN(C(=O)O)C1C(C)(C)C. The van der Waals surface area contributed by atoms with Gasteiger partial charge >= 0.3 is 13.2 Å². The number of hydrogen-bond acceptors (Lipinski definition) is 5. The quantitative estimate of drug-likeness (QED) is 0.320. The van der Waals surface area contributed by atoms with Gasteiger partial charge in [0.2, 0.25) is 11.8 Å². The molecule has 0 aliphatic carbocycles. The molecule has 2 rings (SSSR count). The van der Waals surface area contributed by atoms with Crippen molar-refractivity contribution in [3.05, 3.63) is 0 Å². The smallest absolute Gasteiger partial charge is 0.457 e. The number of nitrogens with zero attached hydrogens (tertiary/aromatic N) is 1. The maximum absolute atomic E-state index is 14.0. The van der Waals surface area contributed by atoms with Crippen LogP contribution in [0.4, 0.5) is 4.79 Å². The van der Waals surface area contributed by atoms with Crippen molar-refractivity contribution < 1.29 is 28.8 Å². The molecule has 2 heterocycles. The molecule has 0 aromatic carbocycles. The van der Waals surface area contributed by atoms with Gasteiger partial charge in [0.15, 0.2) is 0 Å². The van der Waals surface area contributed by atoms with E-state index >= 15 is 0 Å². The summed E-state index contributed by atoms with van der Waals surface area (Å²) < 4.78 is 12.3. The number of hydrogen-bond donors (Lipinski definition) is 3. The second-order valence-corrected chi connectivity index (χ2v) is 14.0. The zero-order chi connectivity index (χ0) is 28.6. The fourth-order valence-corrected chi connectivity index (χ4v) is 5.84. The van der Waals surface area contributed by atoms with Gasteiger partial charge in [-0.05, 0) is 73.0 Å². The number of carbonyl (C=O) groups is 3. The van der Waals surface area contributed by atoms with Crippen molar-refractivity contribution in [2.24, 2.45) is 11.3 Å². The molecule has 3 atom stereocenters. The summed E-state index contributed by atoms with van der Waals surface area (Å²) in [6, 6.07) is -0.439. The lowest BCUT2D eigenvalue weighted by molar-refractivity contribution is -0.138. The Balaban J connectivity index is 2.37. The van der Waals surface area contributed by atoms with Gasteiger partial charge in [-0.1, -0.05) is 33.6 Å². The summed E-state index contributed by atoms with van der Waals surface area (Å²) in [6.45, 7) is 21.5. The van der Waals surface area contributed by atoms with Gasteiger partial charge in [0.25, 0.3) is 0 Å². The third-order valence-corrected chi connectivity index (χ3v) is 8.02. The predicted molar refractivity (Wildman–Crippen MR) is 145 cm³/mol. The Labute approximate surface area is 223 Å². The zero-order valence-corrected chi connectivity index (χ0v) is 24.9.